The molecule has 3 aromatic rings. The molecule has 1 fully saturated rings. The highest BCUT2D eigenvalue weighted by atomic mass is 35.5. The van der Waals surface area contributed by atoms with E-state index in [2.05, 4.69) is 25.2 Å². The maximum absolute atomic E-state index is 12.8. The van der Waals surface area contributed by atoms with E-state index >= 15 is 0 Å². The topological polar surface area (TPSA) is 49.4 Å². The molecule has 0 spiro atoms. The summed E-state index contributed by atoms with van der Waals surface area (Å²) in [5, 5.41) is 3.39. The molecule has 4 rings (SSSR count). The van der Waals surface area contributed by atoms with Gasteiger partial charge in [-0.2, -0.15) is 0 Å². The van der Waals surface area contributed by atoms with Crippen molar-refractivity contribution in [1.82, 2.24) is 0 Å². The second kappa shape index (κ2) is 9.16. The number of carbonyl (C=O) groups is 2. The number of rotatable bonds is 5. The fourth-order valence-electron chi connectivity index (χ4n) is 3.70. The van der Waals surface area contributed by atoms with Crippen LogP contribution in [0.2, 0.25) is 5.02 Å². The van der Waals surface area contributed by atoms with Crippen LogP contribution in [0.15, 0.2) is 72.8 Å². The van der Waals surface area contributed by atoms with Crippen LogP contribution >= 0.6 is 23.4 Å². The lowest BCUT2D eigenvalue weighted by atomic mass is 10.00. The van der Waals surface area contributed by atoms with E-state index in [-0.39, 0.29) is 17.2 Å². The molecule has 6 heteroatoms. The van der Waals surface area contributed by atoms with E-state index in [0.717, 1.165) is 16.8 Å². The third-order valence-corrected chi connectivity index (χ3v) is 6.69. The summed E-state index contributed by atoms with van der Waals surface area (Å²) in [6, 6.07) is 22.5. The van der Waals surface area contributed by atoms with Crippen molar-refractivity contribution in [3.63, 3.8) is 0 Å². The van der Waals surface area contributed by atoms with Crippen molar-refractivity contribution in [2.24, 2.45) is 0 Å². The van der Waals surface area contributed by atoms with Gasteiger partial charge in [-0.15, -0.1) is 11.8 Å². The summed E-state index contributed by atoms with van der Waals surface area (Å²) in [5.41, 5.74) is 4.30. The molecule has 1 heterocycles. The molecule has 0 aliphatic carbocycles. The molecule has 1 N–H and O–H groups in total. The highest BCUT2D eigenvalue weighted by molar-refractivity contribution is 8.00. The van der Waals surface area contributed by atoms with Gasteiger partial charge >= 0.3 is 0 Å². The van der Waals surface area contributed by atoms with Crippen LogP contribution in [-0.2, 0) is 4.79 Å². The Balaban J connectivity index is 1.61. The van der Waals surface area contributed by atoms with E-state index in [0.29, 0.717) is 27.9 Å². The van der Waals surface area contributed by atoms with Crippen molar-refractivity contribution in [2.45, 2.75) is 25.1 Å². The molecule has 3 aromatic carbocycles. The van der Waals surface area contributed by atoms with Gasteiger partial charge in [-0.3, -0.25) is 14.5 Å². The zero-order valence-corrected chi connectivity index (χ0v) is 18.9. The first kappa shape index (κ1) is 21.5. The Labute approximate surface area is 191 Å². The molecule has 1 aliphatic heterocycles. The lowest BCUT2D eigenvalue weighted by Gasteiger charge is -2.28. The number of carbonyl (C=O) groups excluding carboxylic acids is 2. The van der Waals surface area contributed by atoms with Crippen molar-refractivity contribution >= 4 is 46.6 Å². The van der Waals surface area contributed by atoms with Crippen molar-refractivity contribution < 1.29 is 9.59 Å². The summed E-state index contributed by atoms with van der Waals surface area (Å²) in [6.07, 6.45) is 0. The molecule has 0 aromatic heterocycles. The first-order chi connectivity index (χ1) is 14.9. The van der Waals surface area contributed by atoms with E-state index < -0.39 is 0 Å². The number of nitrogens with zero attached hydrogens (tertiary/aromatic N) is 1. The quantitative estimate of drug-likeness (QED) is 0.483. The van der Waals surface area contributed by atoms with Gasteiger partial charge in [0.15, 0.2) is 0 Å². The van der Waals surface area contributed by atoms with E-state index in [4.69, 9.17) is 11.6 Å². The molecule has 1 saturated heterocycles. The van der Waals surface area contributed by atoms with Crippen molar-refractivity contribution in [3.05, 3.63) is 94.5 Å². The number of thioether (sulfide) groups is 1. The smallest absolute Gasteiger partial charge is 0.255 e. The predicted molar refractivity (Wildman–Crippen MR) is 129 cm³/mol. The predicted octanol–water partition coefficient (Wildman–Crippen LogP) is 6.49. The maximum atomic E-state index is 12.8. The average Bonchev–Trinajstić information content (AvgIpc) is 3.15. The average molecular weight is 451 g/mol. The molecule has 0 radical (unpaired) electrons. The van der Waals surface area contributed by atoms with E-state index in [9.17, 15) is 9.59 Å². The monoisotopic (exact) mass is 450 g/mol. The molecular formula is C25H23ClN2O2S. The Morgan fingerprint density at radius 1 is 1.06 bits per heavy atom. The second-order valence-corrected chi connectivity index (χ2v) is 9.23. The number of hydrogen-bond acceptors (Lipinski definition) is 3. The van der Waals surface area contributed by atoms with Crippen molar-refractivity contribution in [3.8, 4) is 0 Å². The molecule has 0 saturated carbocycles. The molecule has 1 atom stereocenters. The molecule has 0 bridgehead atoms. The molecule has 4 nitrogen and oxygen atoms in total. The Kier molecular flexibility index (Phi) is 6.35. The minimum absolute atomic E-state index is 0.0960. The Morgan fingerprint density at radius 3 is 2.55 bits per heavy atom. The molecular weight excluding hydrogens is 428 g/mol. The second-order valence-electron chi connectivity index (χ2n) is 7.73. The number of hydrogen-bond donors (Lipinski definition) is 1. The molecule has 31 heavy (non-hydrogen) atoms. The zero-order valence-electron chi connectivity index (χ0n) is 17.3. The largest absolute Gasteiger partial charge is 0.322 e. The van der Waals surface area contributed by atoms with E-state index in [1.807, 2.05) is 47.4 Å². The Morgan fingerprint density at radius 2 is 1.81 bits per heavy atom. The fourth-order valence-corrected chi connectivity index (χ4v) is 4.99. The van der Waals surface area contributed by atoms with Crippen LogP contribution < -0.4 is 10.2 Å². The number of nitrogens with one attached hydrogen (secondary N) is 1. The number of anilines is 2. The SMILES string of the molecule is CC(C)c1ccccc1N1C(=O)CS[C@@H]1c1cccc(NC(=O)c2ccc(Cl)cc2)c1. The first-order valence-corrected chi connectivity index (χ1v) is 11.6. The lowest BCUT2D eigenvalue weighted by molar-refractivity contribution is -0.115. The van der Waals surface area contributed by atoms with Crippen LogP contribution in [-0.4, -0.2) is 17.6 Å². The van der Waals surface area contributed by atoms with Gasteiger partial charge in [0.2, 0.25) is 5.91 Å². The number of amides is 2. The van der Waals surface area contributed by atoms with E-state index in [1.54, 1.807) is 36.0 Å². The van der Waals surface area contributed by atoms with Crippen LogP contribution in [0.1, 0.15) is 46.6 Å². The Bertz CT molecular complexity index is 1110. The summed E-state index contributed by atoms with van der Waals surface area (Å²) in [5.74, 6) is 0.628. The molecule has 1 aliphatic rings. The Hall–Kier alpha value is -2.76. The summed E-state index contributed by atoms with van der Waals surface area (Å²) < 4.78 is 0. The van der Waals surface area contributed by atoms with Crippen LogP contribution in [0, 0.1) is 0 Å². The summed E-state index contributed by atoms with van der Waals surface area (Å²) >= 11 is 7.51. The third-order valence-electron chi connectivity index (χ3n) is 5.22. The minimum Gasteiger partial charge on any atom is -0.322 e. The molecule has 158 valence electrons. The van der Waals surface area contributed by atoms with Crippen LogP contribution in [0.25, 0.3) is 0 Å². The van der Waals surface area contributed by atoms with Gasteiger partial charge in [-0.05, 0) is 59.5 Å². The summed E-state index contributed by atoms with van der Waals surface area (Å²) in [7, 11) is 0. The molecule has 0 unspecified atom stereocenters. The lowest BCUT2D eigenvalue weighted by Crippen LogP contribution is -2.29. The van der Waals surface area contributed by atoms with Gasteiger partial charge in [-0.1, -0.05) is 55.8 Å². The van der Waals surface area contributed by atoms with Gasteiger partial charge in [0.05, 0.1) is 5.75 Å². The number of halogens is 1. The van der Waals surface area contributed by atoms with Crippen LogP contribution in [0.5, 0.6) is 0 Å². The summed E-state index contributed by atoms with van der Waals surface area (Å²) in [6.45, 7) is 4.27. The van der Waals surface area contributed by atoms with Crippen molar-refractivity contribution in [1.29, 1.82) is 0 Å². The first-order valence-electron chi connectivity index (χ1n) is 10.1. The summed E-state index contributed by atoms with van der Waals surface area (Å²) in [4.78, 5) is 27.3. The van der Waals surface area contributed by atoms with Gasteiger partial charge < -0.3 is 5.32 Å². The maximum Gasteiger partial charge on any atom is 0.255 e. The molecule has 2 amide bonds. The third kappa shape index (κ3) is 4.63. The van der Waals surface area contributed by atoms with Gasteiger partial charge in [-0.25, -0.2) is 0 Å². The fraction of sp³-hybridized carbons (Fsp3) is 0.200. The van der Waals surface area contributed by atoms with Gasteiger partial charge in [0.25, 0.3) is 5.91 Å². The normalized spacial score (nSPS) is 16.1. The standard InChI is InChI=1S/C25H23ClN2O2S/c1-16(2)21-8-3-4-9-22(21)28-23(29)15-31-25(28)18-6-5-7-20(14-18)27-24(30)17-10-12-19(26)13-11-17/h3-14,16,25H,15H2,1-2H3,(H,27,30)/t25-/m1/s1. The van der Waals surface area contributed by atoms with Crippen LogP contribution in [0.4, 0.5) is 11.4 Å². The minimum atomic E-state index is -0.203. The van der Waals surface area contributed by atoms with Gasteiger partial charge in [0.1, 0.15) is 5.37 Å². The number of benzene rings is 3. The van der Waals surface area contributed by atoms with E-state index in [1.165, 1.54) is 0 Å². The van der Waals surface area contributed by atoms with Crippen LogP contribution in [0.3, 0.4) is 0 Å². The van der Waals surface area contributed by atoms with Crippen molar-refractivity contribution in [2.75, 3.05) is 16.0 Å². The van der Waals surface area contributed by atoms with Gasteiger partial charge in [0, 0.05) is 22.0 Å². The highest BCUT2D eigenvalue weighted by Crippen LogP contribution is 2.44. The number of para-hydroxylation sites is 1. The highest BCUT2D eigenvalue weighted by Gasteiger charge is 2.35. The zero-order chi connectivity index (χ0) is 22.0.